The monoisotopic (exact) mass is 286 g/mol. The number of ether oxygens (including phenoxy) is 1. The van der Waals surface area contributed by atoms with E-state index in [4.69, 9.17) is 4.74 Å². The summed E-state index contributed by atoms with van der Waals surface area (Å²) in [6, 6.07) is 7.51. The molecule has 0 bridgehead atoms. The van der Waals surface area contributed by atoms with Crippen LogP contribution in [0.3, 0.4) is 0 Å². The minimum absolute atomic E-state index is 0.107. The van der Waals surface area contributed by atoms with E-state index in [0.29, 0.717) is 25.1 Å². The van der Waals surface area contributed by atoms with E-state index < -0.39 is 5.56 Å². The van der Waals surface area contributed by atoms with Crippen LogP contribution in [0.15, 0.2) is 29.1 Å². The first-order valence-electron chi connectivity index (χ1n) is 6.70. The average Bonchev–Trinajstić information content (AvgIpc) is 2.46. The summed E-state index contributed by atoms with van der Waals surface area (Å²) in [4.78, 5) is 23.1. The van der Waals surface area contributed by atoms with Gasteiger partial charge < -0.3 is 4.74 Å². The van der Waals surface area contributed by atoms with Gasteiger partial charge in [0, 0.05) is 12.7 Å². The second-order valence-electron chi connectivity index (χ2n) is 4.94. The summed E-state index contributed by atoms with van der Waals surface area (Å²) in [6.07, 6.45) is 0.570. The molecule has 2 aromatic rings. The fourth-order valence-corrected chi connectivity index (χ4v) is 2.21. The zero-order chi connectivity index (χ0) is 15.4. The van der Waals surface area contributed by atoms with Crippen LogP contribution in [0.5, 0.6) is 0 Å². The van der Waals surface area contributed by atoms with Crippen LogP contribution in [0, 0.1) is 13.8 Å². The first-order chi connectivity index (χ1) is 10.1. The van der Waals surface area contributed by atoms with Gasteiger partial charge >= 0.3 is 0 Å². The lowest BCUT2D eigenvalue weighted by Crippen LogP contribution is -2.28. The molecular weight excluding hydrogens is 268 g/mol. The molecule has 5 nitrogen and oxygen atoms in total. The van der Waals surface area contributed by atoms with E-state index in [1.165, 1.54) is 10.7 Å². The Balaban J connectivity index is 2.58. The first-order valence-corrected chi connectivity index (χ1v) is 6.70. The zero-order valence-electron chi connectivity index (χ0n) is 12.4. The van der Waals surface area contributed by atoms with Gasteiger partial charge in [0.05, 0.1) is 24.4 Å². The second kappa shape index (κ2) is 6.45. The number of benzene rings is 1. The highest BCUT2D eigenvalue weighted by Crippen LogP contribution is 2.22. The van der Waals surface area contributed by atoms with E-state index in [0.717, 1.165) is 16.7 Å². The fourth-order valence-electron chi connectivity index (χ4n) is 2.21. The first kappa shape index (κ1) is 15.1. The van der Waals surface area contributed by atoms with E-state index in [2.05, 4.69) is 5.10 Å². The number of carbonyl (C=O) groups is 1. The largest absolute Gasteiger partial charge is 0.383 e. The summed E-state index contributed by atoms with van der Waals surface area (Å²) in [7, 11) is 1.56. The van der Waals surface area contributed by atoms with Crippen molar-refractivity contribution >= 4 is 6.29 Å². The topological polar surface area (TPSA) is 61.2 Å². The number of rotatable bonds is 5. The molecule has 0 spiro atoms. The smallest absolute Gasteiger partial charge is 0.277 e. The molecule has 0 fully saturated rings. The Labute approximate surface area is 123 Å². The van der Waals surface area contributed by atoms with Gasteiger partial charge in [-0.05, 0) is 25.5 Å². The molecule has 0 atom stereocenters. The zero-order valence-corrected chi connectivity index (χ0v) is 12.4. The standard InChI is InChI=1S/C16H18N2O3/c1-11-4-5-14(12(2)8-11)15-9-13(10-19)16(20)18(17-15)6-7-21-3/h4-5,8-10H,6-7H2,1-3H3. The molecule has 1 aromatic heterocycles. The van der Waals surface area contributed by atoms with Crippen molar-refractivity contribution in [3.8, 4) is 11.3 Å². The number of methoxy groups -OCH3 is 1. The minimum Gasteiger partial charge on any atom is -0.383 e. The maximum Gasteiger partial charge on any atom is 0.277 e. The highest BCUT2D eigenvalue weighted by Gasteiger charge is 2.11. The number of hydrogen-bond acceptors (Lipinski definition) is 4. The molecule has 0 radical (unpaired) electrons. The number of aldehydes is 1. The van der Waals surface area contributed by atoms with Crippen LogP contribution in [0.1, 0.15) is 21.5 Å². The summed E-state index contributed by atoms with van der Waals surface area (Å²) in [6.45, 7) is 4.67. The highest BCUT2D eigenvalue weighted by molar-refractivity contribution is 5.77. The van der Waals surface area contributed by atoms with Crippen LogP contribution in [-0.4, -0.2) is 29.8 Å². The van der Waals surface area contributed by atoms with Crippen molar-refractivity contribution in [2.24, 2.45) is 0 Å². The van der Waals surface area contributed by atoms with Crippen molar-refractivity contribution in [3.05, 3.63) is 51.3 Å². The number of carbonyl (C=O) groups excluding carboxylic acids is 1. The van der Waals surface area contributed by atoms with Gasteiger partial charge in [-0.25, -0.2) is 4.68 Å². The SMILES string of the molecule is COCCn1nc(-c2ccc(C)cc2C)cc(C=O)c1=O. The molecule has 0 aliphatic heterocycles. The lowest BCUT2D eigenvalue weighted by Gasteiger charge is -2.10. The van der Waals surface area contributed by atoms with Crippen molar-refractivity contribution in [1.82, 2.24) is 9.78 Å². The van der Waals surface area contributed by atoms with Gasteiger partial charge in [0.2, 0.25) is 0 Å². The van der Waals surface area contributed by atoms with Crippen LogP contribution in [0.4, 0.5) is 0 Å². The predicted molar refractivity (Wildman–Crippen MR) is 80.7 cm³/mol. The van der Waals surface area contributed by atoms with E-state index in [1.807, 2.05) is 32.0 Å². The molecule has 0 aliphatic carbocycles. The molecule has 2 rings (SSSR count). The molecule has 0 aliphatic rings. The normalized spacial score (nSPS) is 10.6. The summed E-state index contributed by atoms with van der Waals surface area (Å²) >= 11 is 0. The van der Waals surface area contributed by atoms with Crippen molar-refractivity contribution in [1.29, 1.82) is 0 Å². The molecule has 0 amide bonds. The third kappa shape index (κ3) is 3.25. The van der Waals surface area contributed by atoms with Crippen LogP contribution in [0.25, 0.3) is 11.3 Å². The Hall–Kier alpha value is -2.27. The highest BCUT2D eigenvalue weighted by atomic mass is 16.5. The Kier molecular flexibility index (Phi) is 4.65. The van der Waals surface area contributed by atoms with Gasteiger partial charge in [-0.2, -0.15) is 5.10 Å². The Morgan fingerprint density at radius 1 is 1.29 bits per heavy atom. The molecule has 5 heteroatoms. The average molecular weight is 286 g/mol. The van der Waals surface area contributed by atoms with Crippen LogP contribution < -0.4 is 5.56 Å². The van der Waals surface area contributed by atoms with E-state index in [1.54, 1.807) is 7.11 Å². The van der Waals surface area contributed by atoms with Gasteiger partial charge in [-0.15, -0.1) is 0 Å². The minimum atomic E-state index is -0.393. The summed E-state index contributed by atoms with van der Waals surface area (Å²) in [5.74, 6) is 0. The molecular formula is C16H18N2O3. The molecule has 0 saturated carbocycles. The maximum absolute atomic E-state index is 12.0. The molecule has 0 N–H and O–H groups in total. The number of aromatic nitrogens is 2. The van der Waals surface area contributed by atoms with Gasteiger partial charge in [-0.3, -0.25) is 9.59 Å². The summed E-state index contributed by atoms with van der Waals surface area (Å²) in [5, 5.41) is 4.34. The number of nitrogens with zero attached hydrogens (tertiary/aromatic N) is 2. The van der Waals surface area contributed by atoms with E-state index in [9.17, 15) is 9.59 Å². The van der Waals surface area contributed by atoms with Crippen LogP contribution in [0.2, 0.25) is 0 Å². The van der Waals surface area contributed by atoms with E-state index in [-0.39, 0.29) is 5.56 Å². The Bertz CT molecular complexity index is 720. The molecule has 1 heterocycles. The molecule has 1 aromatic carbocycles. The summed E-state index contributed by atoms with van der Waals surface area (Å²) < 4.78 is 6.25. The van der Waals surface area contributed by atoms with Crippen molar-refractivity contribution in [2.75, 3.05) is 13.7 Å². The Morgan fingerprint density at radius 2 is 2.05 bits per heavy atom. The Morgan fingerprint density at radius 3 is 2.67 bits per heavy atom. The number of hydrogen-bond donors (Lipinski definition) is 0. The second-order valence-corrected chi connectivity index (χ2v) is 4.94. The quantitative estimate of drug-likeness (QED) is 0.789. The van der Waals surface area contributed by atoms with Crippen LogP contribution in [-0.2, 0) is 11.3 Å². The fraction of sp³-hybridized carbons (Fsp3) is 0.312. The summed E-state index contributed by atoms with van der Waals surface area (Å²) in [5.41, 5.74) is 3.45. The maximum atomic E-state index is 12.0. The van der Waals surface area contributed by atoms with Gasteiger partial charge in [0.1, 0.15) is 0 Å². The molecule has 110 valence electrons. The lowest BCUT2D eigenvalue weighted by atomic mass is 10.0. The number of aryl methyl sites for hydroxylation is 2. The molecule has 21 heavy (non-hydrogen) atoms. The third-order valence-corrected chi connectivity index (χ3v) is 3.29. The predicted octanol–water partition coefficient (Wildman–Crippen LogP) is 1.99. The molecule has 0 unspecified atom stereocenters. The third-order valence-electron chi connectivity index (χ3n) is 3.29. The van der Waals surface area contributed by atoms with E-state index >= 15 is 0 Å². The van der Waals surface area contributed by atoms with Crippen molar-refractivity contribution in [2.45, 2.75) is 20.4 Å². The lowest BCUT2D eigenvalue weighted by molar-refractivity contribution is 0.112. The van der Waals surface area contributed by atoms with Crippen molar-refractivity contribution in [3.63, 3.8) is 0 Å². The van der Waals surface area contributed by atoms with Crippen LogP contribution >= 0.6 is 0 Å². The van der Waals surface area contributed by atoms with Crippen molar-refractivity contribution < 1.29 is 9.53 Å². The molecule has 0 saturated heterocycles. The van der Waals surface area contributed by atoms with Gasteiger partial charge in [0.25, 0.3) is 5.56 Å². The van der Waals surface area contributed by atoms with Gasteiger partial charge in [-0.1, -0.05) is 23.8 Å². The van der Waals surface area contributed by atoms with Gasteiger partial charge in [0.15, 0.2) is 6.29 Å².